The van der Waals surface area contributed by atoms with E-state index in [9.17, 15) is 49.5 Å². The Balaban J connectivity index is 1.63. The first-order valence-corrected chi connectivity index (χ1v) is 14.5. The van der Waals surface area contributed by atoms with Gasteiger partial charge < -0.3 is 54.7 Å². The number of allylic oxidation sites excluding steroid dienone is 1. The average molecular weight is 657 g/mol. The summed E-state index contributed by atoms with van der Waals surface area (Å²) in [4.78, 5) is 65.2. The SMILES string of the molecule is CN1C(=O)[C@H]([C@H](O[C@@H]2O[C@H](CNC(=O)OC(C)(C)C)[C@@H](O)[C@H]2O)[C@H]2O[C@@H](N3C=CC(=O)CC3=O)[C@H](O)[C@@H]2O)N(C)CC=C1C(=O)O. The van der Waals surface area contributed by atoms with Gasteiger partial charge in [-0.1, -0.05) is 0 Å². The number of carbonyl (C=O) groups is 5. The van der Waals surface area contributed by atoms with Crippen LogP contribution in [0.25, 0.3) is 0 Å². The number of alkyl carbamates (subject to hydrolysis) is 1. The molecule has 0 spiro atoms. The van der Waals surface area contributed by atoms with Crippen LogP contribution in [0.5, 0.6) is 0 Å². The first-order valence-electron chi connectivity index (χ1n) is 14.5. The minimum Gasteiger partial charge on any atom is -0.477 e. The molecule has 2 saturated heterocycles. The smallest absolute Gasteiger partial charge is 0.407 e. The largest absolute Gasteiger partial charge is 0.477 e. The summed E-state index contributed by atoms with van der Waals surface area (Å²) in [5, 5.41) is 55.8. The van der Waals surface area contributed by atoms with E-state index < -0.39 is 103 Å². The van der Waals surface area contributed by atoms with Crippen molar-refractivity contribution in [1.82, 2.24) is 20.0 Å². The Labute approximate surface area is 263 Å². The second-order valence-electron chi connectivity index (χ2n) is 12.4. The molecule has 46 heavy (non-hydrogen) atoms. The molecule has 10 atom stereocenters. The van der Waals surface area contributed by atoms with Gasteiger partial charge in [-0.3, -0.25) is 24.2 Å². The maximum atomic E-state index is 13.8. The molecule has 0 aliphatic carbocycles. The Morgan fingerprint density at radius 2 is 1.72 bits per heavy atom. The van der Waals surface area contributed by atoms with Crippen LogP contribution in [0.15, 0.2) is 24.0 Å². The third-order valence-corrected chi connectivity index (χ3v) is 7.89. The molecule has 18 nitrogen and oxygen atoms in total. The van der Waals surface area contributed by atoms with Crippen LogP contribution in [0.3, 0.4) is 0 Å². The molecule has 0 unspecified atom stereocenters. The van der Waals surface area contributed by atoms with Crippen molar-refractivity contribution in [2.45, 2.75) is 94.1 Å². The van der Waals surface area contributed by atoms with Crippen molar-refractivity contribution >= 4 is 29.7 Å². The van der Waals surface area contributed by atoms with Crippen LogP contribution < -0.4 is 5.32 Å². The van der Waals surface area contributed by atoms with Gasteiger partial charge in [0, 0.05) is 26.3 Å². The fourth-order valence-corrected chi connectivity index (χ4v) is 5.55. The highest BCUT2D eigenvalue weighted by Crippen LogP contribution is 2.35. The normalized spacial score (nSPS) is 34.8. The molecule has 18 heteroatoms. The van der Waals surface area contributed by atoms with Gasteiger partial charge in [0.25, 0.3) is 0 Å². The number of aliphatic hydroxyl groups is 4. The van der Waals surface area contributed by atoms with Crippen LogP contribution >= 0.6 is 0 Å². The van der Waals surface area contributed by atoms with Crippen LogP contribution in [-0.4, -0.2) is 164 Å². The Kier molecular flexibility index (Phi) is 10.5. The zero-order valence-electron chi connectivity index (χ0n) is 25.9. The van der Waals surface area contributed by atoms with Crippen molar-refractivity contribution in [2.24, 2.45) is 0 Å². The lowest BCUT2D eigenvalue weighted by Gasteiger charge is -2.38. The molecule has 0 saturated carbocycles. The van der Waals surface area contributed by atoms with Crippen LogP contribution in [0.1, 0.15) is 27.2 Å². The lowest BCUT2D eigenvalue weighted by molar-refractivity contribution is -0.233. The fourth-order valence-electron chi connectivity index (χ4n) is 5.55. The predicted octanol–water partition coefficient (Wildman–Crippen LogP) is -3.15. The molecule has 0 aromatic rings. The van der Waals surface area contributed by atoms with Crippen LogP contribution in [0, 0.1) is 0 Å². The molecular formula is C28H40N4O14. The summed E-state index contributed by atoms with van der Waals surface area (Å²) in [6.07, 6.45) is -12.5. The van der Waals surface area contributed by atoms with E-state index in [1.807, 2.05) is 0 Å². The Morgan fingerprint density at radius 3 is 2.33 bits per heavy atom. The third kappa shape index (κ3) is 7.39. The zero-order valence-corrected chi connectivity index (χ0v) is 25.9. The number of hydrogen-bond donors (Lipinski definition) is 6. The number of nitrogens with one attached hydrogen (secondary N) is 1. The van der Waals surface area contributed by atoms with Gasteiger partial charge in [0.1, 0.15) is 60.1 Å². The highest BCUT2D eigenvalue weighted by Gasteiger charge is 2.56. The van der Waals surface area contributed by atoms with E-state index in [1.54, 1.807) is 20.8 Å². The van der Waals surface area contributed by atoms with Crippen LogP contribution in [0.2, 0.25) is 0 Å². The zero-order chi connectivity index (χ0) is 34.2. The van der Waals surface area contributed by atoms with E-state index in [-0.39, 0.29) is 18.8 Å². The van der Waals surface area contributed by atoms with E-state index in [0.717, 1.165) is 22.1 Å². The molecule has 0 aromatic heterocycles. The maximum absolute atomic E-state index is 13.8. The van der Waals surface area contributed by atoms with Crippen molar-refractivity contribution < 1.29 is 68.5 Å². The fraction of sp³-hybridized carbons (Fsp3) is 0.679. The number of carboxylic acids is 1. The highest BCUT2D eigenvalue weighted by atomic mass is 16.7. The molecule has 3 amide bonds. The Morgan fingerprint density at radius 1 is 1.04 bits per heavy atom. The maximum Gasteiger partial charge on any atom is 0.407 e. The van der Waals surface area contributed by atoms with Crippen molar-refractivity contribution in [3.63, 3.8) is 0 Å². The van der Waals surface area contributed by atoms with Crippen molar-refractivity contribution in [3.05, 3.63) is 24.0 Å². The average Bonchev–Trinajstić information content (AvgIpc) is 3.35. The number of ketones is 1. The van der Waals surface area contributed by atoms with Gasteiger partial charge in [0.15, 0.2) is 18.3 Å². The summed E-state index contributed by atoms with van der Waals surface area (Å²) in [6.45, 7) is 4.53. The molecule has 2 fully saturated rings. The summed E-state index contributed by atoms with van der Waals surface area (Å²) >= 11 is 0. The molecule has 4 aliphatic rings. The number of aliphatic hydroxyl groups excluding tert-OH is 4. The standard InChI is InChI=1S/C28H40N4O14/c1-28(2,3)46-27(42)29-11-14-17(35)20(38)26(43-14)45-21(16-23(39)31(5)13(25(40)41)7-8-30(16)4)22-18(36)19(37)24(44-22)32-9-6-12(33)10-15(32)34/h6-7,9,14,16-22,24,26,35-38H,8,10-11H2,1-5H3,(H,29,42)(H,40,41)/t14-,16+,17-,18+,19-,20-,21+,22+,24-,26+/m1/s1. The van der Waals surface area contributed by atoms with Gasteiger partial charge in [-0.25, -0.2) is 9.59 Å². The first-order chi connectivity index (χ1) is 21.4. The quantitative estimate of drug-likeness (QED) is 0.141. The molecule has 0 bridgehead atoms. The molecule has 0 aromatic carbocycles. The van der Waals surface area contributed by atoms with Crippen molar-refractivity contribution in [2.75, 3.05) is 27.2 Å². The summed E-state index contributed by atoms with van der Waals surface area (Å²) in [5.74, 6) is -3.43. The van der Waals surface area contributed by atoms with Crippen molar-refractivity contribution in [1.29, 1.82) is 0 Å². The molecule has 4 rings (SSSR count). The molecular weight excluding hydrogens is 616 g/mol. The monoisotopic (exact) mass is 656 g/mol. The third-order valence-electron chi connectivity index (χ3n) is 7.89. The molecule has 0 radical (unpaired) electrons. The number of carboxylic acid groups (broad SMARTS) is 1. The van der Waals surface area contributed by atoms with E-state index in [2.05, 4.69) is 5.32 Å². The summed E-state index contributed by atoms with van der Waals surface area (Å²) < 4.78 is 22.9. The van der Waals surface area contributed by atoms with Crippen LogP contribution in [-0.2, 0) is 38.1 Å². The van der Waals surface area contributed by atoms with E-state index in [4.69, 9.17) is 18.9 Å². The van der Waals surface area contributed by atoms with Crippen LogP contribution in [0.4, 0.5) is 4.79 Å². The minimum atomic E-state index is -1.82. The Hall–Kier alpha value is -3.49. The van der Waals surface area contributed by atoms with Crippen molar-refractivity contribution in [3.8, 4) is 0 Å². The summed E-state index contributed by atoms with van der Waals surface area (Å²) in [7, 11) is 2.67. The number of hydrogen-bond acceptors (Lipinski definition) is 14. The number of ether oxygens (including phenoxy) is 4. The van der Waals surface area contributed by atoms with Gasteiger partial charge in [-0.2, -0.15) is 0 Å². The number of rotatable bonds is 8. The van der Waals surface area contributed by atoms with Gasteiger partial charge in [0.2, 0.25) is 11.8 Å². The number of amides is 3. The van der Waals surface area contributed by atoms with E-state index in [1.165, 1.54) is 25.1 Å². The van der Waals surface area contributed by atoms with E-state index >= 15 is 0 Å². The predicted molar refractivity (Wildman–Crippen MR) is 151 cm³/mol. The minimum absolute atomic E-state index is 0.106. The second kappa shape index (κ2) is 13.7. The number of nitrogens with zero attached hydrogens (tertiary/aromatic N) is 3. The summed E-state index contributed by atoms with van der Waals surface area (Å²) in [6, 6.07) is -1.44. The lowest BCUT2D eigenvalue weighted by Crippen LogP contribution is -2.59. The molecule has 4 aliphatic heterocycles. The topological polar surface area (TPSA) is 245 Å². The number of aliphatic carboxylic acids is 1. The van der Waals surface area contributed by atoms with Gasteiger partial charge in [0.05, 0.1) is 6.42 Å². The molecule has 256 valence electrons. The van der Waals surface area contributed by atoms with Gasteiger partial charge >= 0.3 is 12.1 Å². The van der Waals surface area contributed by atoms with E-state index in [0.29, 0.717) is 0 Å². The van der Waals surface area contributed by atoms with Gasteiger partial charge in [-0.05, 0) is 40.0 Å². The lowest BCUT2D eigenvalue weighted by atomic mass is 9.97. The highest BCUT2D eigenvalue weighted by molar-refractivity contribution is 6.06. The number of carbonyl (C=O) groups excluding carboxylic acids is 4. The van der Waals surface area contributed by atoms with Gasteiger partial charge in [-0.15, -0.1) is 0 Å². The summed E-state index contributed by atoms with van der Waals surface area (Å²) in [5.41, 5.74) is -1.16. The number of likely N-dealkylation sites (N-methyl/N-ethyl adjacent to an activating group) is 2. The Bertz CT molecular complexity index is 1280. The molecule has 6 N–H and O–H groups in total. The second-order valence-corrected chi connectivity index (χ2v) is 12.4. The molecule has 4 heterocycles. The first kappa shape index (κ1) is 35.4.